The van der Waals surface area contributed by atoms with E-state index in [0.717, 1.165) is 18.4 Å². The first-order valence-corrected chi connectivity index (χ1v) is 5.54. The van der Waals surface area contributed by atoms with E-state index in [4.69, 9.17) is 0 Å². The molecule has 1 aromatic rings. The van der Waals surface area contributed by atoms with E-state index in [2.05, 4.69) is 23.5 Å². The molecule has 2 rings (SSSR count). The molecular formula is C14H15NO. The molecule has 0 unspecified atom stereocenters. The molecule has 1 aliphatic rings. The van der Waals surface area contributed by atoms with Crippen LogP contribution >= 0.6 is 0 Å². The molecule has 1 amide bonds. The Hall–Kier alpha value is -1.83. The van der Waals surface area contributed by atoms with Crippen molar-refractivity contribution in [1.82, 2.24) is 5.32 Å². The van der Waals surface area contributed by atoms with Crippen molar-refractivity contribution in [3.8, 4) is 0 Å². The molecule has 1 aromatic carbocycles. The molecule has 1 N–H and O–H groups in total. The van der Waals surface area contributed by atoms with Crippen LogP contribution in [0.5, 0.6) is 0 Å². The van der Waals surface area contributed by atoms with E-state index < -0.39 is 0 Å². The van der Waals surface area contributed by atoms with Gasteiger partial charge < -0.3 is 5.32 Å². The van der Waals surface area contributed by atoms with Crippen molar-refractivity contribution < 1.29 is 4.79 Å². The van der Waals surface area contributed by atoms with E-state index in [9.17, 15) is 4.79 Å². The maximum atomic E-state index is 11.7. The summed E-state index contributed by atoms with van der Waals surface area (Å²) in [5.74, 6) is 0.00663. The number of allylic oxidation sites excluding steroid dienone is 3. The number of benzene rings is 1. The molecule has 0 radical (unpaired) electrons. The largest absolute Gasteiger partial charge is 0.352 e. The van der Waals surface area contributed by atoms with Crippen molar-refractivity contribution in [2.45, 2.75) is 12.8 Å². The maximum absolute atomic E-state index is 11.7. The van der Waals surface area contributed by atoms with E-state index in [-0.39, 0.29) is 5.91 Å². The van der Waals surface area contributed by atoms with Gasteiger partial charge in [0.25, 0.3) is 5.91 Å². The van der Waals surface area contributed by atoms with Gasteiger partial charge in [-0.15, -0.1) is 0 Å². The minimum absolute atomic E-state index is 0.00663. The molecule has 16 heavy (non-hydrogen) atoms. The minimum atomic E-state index is 0.00663. The lowest BCUT2D eigenvalue weighted by Crippen LogP contribution is -2.24. The monoisotopic (exact) mass is 213 g/mol. The zero-order valence-electron chi connectivity index (χ0n) is 9.15. The molecule has 0 saturated heterocycles. The molecule has 0 saturated carbocycles. The molecule has 2 heteroatoms. The number of hydrogen-bond acceptors (Lipinski definition) is 1. The second-order valence-corrected chi connectivity index (χ2v) is 3.83. The lowest BCUT2D eigenvalue weighted by atomic mass is 10.1. The highest BCUT2D eigenvalue weighted by atomic mass is 16.1. The third-order valence-corrected chi connectivity index (χ3v) is 2.62. The smallest absolute Gasteiger partial charge is 0.251 e. The van der Waals surface area contributed by atoms with Crippen LogP contribution in [0.15, 0.2) is 54.1 Å². The third kappa shape index (κ3) is 2.83. The number of amides is 1. The van der Waals surface area contributed by atoms with Crippen LogP contribution in [-0.2, 0) is 0 Å². The van der Waals surface area contributed by atoms with Crippen LogP contribution < -0.4 is 5.32 Å². The average Bonchev–Trinajstić information content (AvgIpc) is 2.83. The van der Waals surface area contributed by atoms with Gasteiger partial charge in [-0.2, -0.15) is 0 Å². The van der Waals surface area contributed by atoms with Gasteiger partial charge in [-0.1, -0.05) is 42.0 Å². The Morgan fingerprint density at radius 1 is 1.25 bits per heavy atom. The van der Waals surface area contributed by atoms with Gasteiger partial charge in [0.2, 0.25) is 0 Å². The summed E-state index contributed by atoms with van der Waals surface area (Å²) < 4.78 is 0. The van der Waals surface area contributed by atoms with E-state index >= 15 is 0 Å². The molecule has 0 fully saturated rings. The second-order valence-electron chi connectivity index (χ2n) is 3.83. The molecule has 82 valence electrons. The van der Waals surface area contributed by atoms with Gasteiger partial charge in [-0.25, -0.2) is 0 Å². The van der Waals surface area contributed by atoms with E-state index in [1.807, 2.05) is 30.3 Å². The fourth-order valence-electron chi connectivity index (χ4n) is 1.71. The molecular weight excluding hydrogens is 198 g/mol. The van der Waals surface area contributed by atoms with Crippen molar-refractivity contribution in [1.29, 1.82) is 0 Å². The van der Waals surface area contributed by atoms with Crippen molar-refractivity contribution in [2.24, 2.45) is 0 Å². The van der Waals surface area contributed by atoms with Gasteiger partial charge in [0.15, 0.2) is 0 Å². The van der Waals surface area contributed by atoms with Crippen molar-refractivity contribution in [3.63, 3.8) is 0 Å². The number of rotatable bonds is 4. The van der Waals surface area contributed by atoms with E-state index in [0.29, 0.717) is 6.54 Å². The molecule has 0 aliphatic heterocycles. The molecule has 0 spiro atoms. The maximum Gasteiger partial charge on any atom is 0.251 e. The Kier molecular flexibility index (Phi) is 3.54. The fourth-order valence-corrected chi connectivity index (χ4v) is 1.71. The van der Waals surface area contributed by atoms with Crippen LogP contribution in [0.2, 0.25) is 0 Å². The molecule has 0 bridgehead atoms. The van der Waals surface area contributed by atoms with Crippen LogP contribution in [0.1, 0.15) is 23.2 Å². The zero-order chi connectivity index (χ0) is 11.2. The first-order chi connectivity index (χ1) is 7.86. The highest BCUT2D eigenvalue weighted by Crippen LogP contribution is 2.13. The number of carbonyl (C=O) groups is 1. The van der Waals surface area contributed by atoms with Crippen molar-refractivity contribution >= 4 is 5.91 Å². The standard InChI is InChI=1S/C14H15NO/c16-14(13-8-2-1-3-9-13)15-11-10-12-6-4-5-7-12/h1-6,8-9H,7,10-11H2,(H,15,16). The van der Waals surface area contributed by atoms with Crippen LogP contribution in [-0.4, -0.2) is 12.5 Å². The van der Waals surface area contributed by atoms with Gasteiger partial charge in [0.05, 0.1) is 0 Å². The first-order valence-electron chi connectivity index (χ1n) is 5.54. The lowest BCUT2D eigenvalue weighted by Gasteiger charge is -2.05. The van der Waals surface area contributed by atoms with E-state index in [1.54, 1.807) is 0 Å². The molecule has 2 nitrogen and oxygen atoms in total. The fraction of sp³-hybridized carbons (Fsp3) is 0.214. The summed E-state index contributed by atoms with van der Waals surface area (Å²) in [5.41, 5.74) is 2.11. The summed E-state index contributed by atoms with van der Waals surface area (Å²) >= 11 is 0. The average molecular weight is 213 g/mol. The van der Waals surface area contributed by atoms with Gasteiger partial charge in [0, 0.05) is 12.1 Å². The predicted octanol–water partition coefficient (Wildman–Crippen LogP) is 2.69. The summed E-state index contributed by atoms with van der Waals surface area (Å²) in [7, 11) is 0. The second kappa shape index (κ2) is 5.31. The summed E-state index contributed by atoms with van der Waals surface area (Å²) in [6.45, 7) is 0.710. The predicted molar refractivity (Wildman–Crippen MR) is 65.2 cm³/mol. The summed E-state index contributed by atoms with van der Waals surface area (Å²) in [6.07, 6.45) is 8.28. The highest BCUT2D eigenvalue weighted by molar-refractivity contribution is 5.94. The Bertz CT molecular complexity index is 418. The number of hydrogen-bond donors (Lipinski definition) is 1. The quantitative estimate of drug-likeness (QED) is 0.818. The number of nitrogens with one attached hydrogen (secondary N) is 1. The summed E-state index contributed by atoms with van der Waals surface area (Å²) in [5, 5.41) is 2.92. The van der Waals surface area contributed by atoms with Gasteiger partial charge in [-0.3, -0.25) is 4.79 Å². The van der Waals surface area contributed by atoms with Gasteiger partial charge in [0.1, 0.15) is 0 Å². The Labute approximate surface area is 95.7 Å². The first kappa shape index (κ1) is 10.7. The van der Waals surface area contributed by atoms with Crippen LogP contribution in [0, 0.1) is 0 Å². The Morgan fingerprint density at radius 3 is 2.75 bits per heavy atom. The van der Waals surface area contributed by atoms with Gasteiger partial charge in [-0.05, 0) is 25.0 Å². The van der Waals surface area contributed by atoms with Crippen molar-refractivity contribution in [2.75, 3.05) is 6.54 Å². The SMILES string of the molecule is O=C(NCCC1=CC=CC1)c1ccccc1. The molecule has 1 aliphatic carbocycles. The zero-order valence-corrected chi connectivity index (χ0v) is 9.15. The van der Waals surface area contributed by atoms with Crippen LogP contribution in [0.25, 0.3) is 0 Å². The van der Waals surface area contributed by atoms with Crippen LogP contribution in [0.3, 0.4) is 0 Å². The summed E-state index contributed by atoms with van der Waals surface area (Å²) in [6, 6.07) is 9.31. The lowest BCUT2D eigenvalue weighted by molar-refractivity contribution is 0.0954. The van der Waals surface area contributed by atoms with E-state index in [1.165, 1.54) is 5.57 Å². The normalized spacial score (nSPS) is 13.6. The summed E-state index contributed by atoms with van der Waals surface area (Å²) in [4.78, 5) is 11.7. The van der Waals surface area contributed by atoms with Crippen LogP contribution in [0.4, 0.5) is 0 Å². The molecule has 0 atom stereocenters. The van der Waals surface area contributed by atoms with Crippen molar-refractivity contribution in [3.05, 3.63) is 59.7 Å². The van der Waals surface area contributed by atoms with Gasteiger partial charge >= 0.3 is 0 Å². The highest BCUT2D eigenvalue weighted by Gasteiger charge is 2.04. The molecule has 0 aromatic heterocycles. The molecule has 0 heterocycles. The number of carbonyl (C=O) groups excluding carboxylic acids is 1. The Balaban J connectivity index is 1.76. The third-order valence-electron chi connectivity index (χ3n) is 2.62. The Morgan fingerprint density at radius 2 is 2.06 bits per heavy atom. The minimum Gasteiger partial charge on any atom is -0.352 e. The topological polar surface area (TPSA) is 29.1 Å².